The van der Waals surface area contributed by atoms with Gasteiger partial charge in [0.15, 0.2) is 0 Å². The lowest BCUT2D eigenvalue weighted by Crippen LogP contribution is -2.10. The number of phenolic OH excluding ortho intramolecular Hbond substituents is 1. The summed E-state index contributed by atoms with van der Waals surface area (Å²) in [6.07, 6.45) is 5.32. The first-order chi connectivity index (χ1) is 12.1. The third kappa shape index (κ3) is 4.47. The van der Waals surface area contributed by atoms with E-state index in [1.807, 2.05) is 59.8 Å². The molecule has 2 heterocycles. The van der Waals surface area contributed by atoms with Crippen molar-refractivity contribution in [2.75, 3.05) is 6.54 Å². The molecule has 134 valence electrons. The van der Waals surface area contributed by atoms with Crippen LogP contribution in [0.4, 0.5) is 0 Å². The highest BCUT2D eigenvalue weighted by Gasteiger charge is 2.20. The molecule has 3 rings (SSSR count). The molecule has 1 aromatic heterocycles. The average molecular weight is 339 g/mol. The molecular formula is C21H29N3O. The van der Waals surface area contributed by atoms with Gasteiger partial charge >= 0.3 is 0 Å². The summed E-state index contributed by atoms with van der Waals surface area (Å²) in [5.74, 6) is 0.245. The number of aryl methyl sites for hydroxylation is 2. The molecule has 2 aromatic rings. The Hall–Kier alpha value is -2.62. The van der Waals surface area contributed by atoms with Crippen LogP contribution < -0.4 is 5.73 Å². The Labute approximate surface area is 151 Å². The molecule has 4 nitrogen and oxygen atoms in total. The van der Waals surface area contributed by atoms with Crippen LogP contribution >= 0.6 is 0 Å². The van der Waals surface area contributed by atoms with E-state index in [1.165, 1.54) is 0 Å². The predicted molar refractivity (Wildman–Crippen MR) is 107 cm³/mol. The smallest absolute Gasteiger partial charge is 0.125 e. The largest absolute Gasteiger partial charge is 0.507 e. The van der Waals surface area contributed by atoms with E-state index < -0.39 is 0 Å². The number of pyridine rings is 1. The van der Waals surface area contributed by atoms with Crippen LogP contribution in [-0.4, -0.2) is 22.3 Å². The van der Waals surface area contributed by atoms with E-state index in [-0.39, 0.29) is 5.75 Å². The zero-order chi connectivity index (χ0) is 19.0. The monoisotopic (exact) mass is 339 g/mol. The first-order valence-electron chi connectivity index (χ1n) is 8.83. The van der Waals surface area contributed by atoms with Crippen LogP contribution in [0.5, 0.6) is 5.75 Å². The second-order valence-corrected chi connectivity index (χ2v) is 5.25. The summed E-state index contributed by atoms with van der Waals surface area (Å²) >= 11 is 0. The van der Waals surface area contributed by atoms with E-state index in [0.29, 0.717) is 12.2 Å². The number of aromatic hydroxyl groups is 1. The first-order valence-corrected chi connectivity index (χ1v) is 8.83. The lowest BCUT2D eigenvalue weighted by Gasteiger charge is -2.14. The third-order valence-electron chi connectivity index (χ3n) is 3.64. The van der Waals surface area contributed by atoms with Gasteiger partial charge in [0.1, 0.15) is 5.75 Å². The molecule has 0 aliphatic carbocycles. The van der Waals surface area contributed by atoms with Crippen LogP contribution in [0.1, 0.15) is 55.5 Å². The Bertz CT molecular complexity index is 753. The highest BCUT2D eigenvalue weighted by atomic mass is 16.3. The second kappa shape index (κ2) is 9.62. The minimum absolute atomic E-state index is 0.245. The van der Waals surface area contributed by atoms with Gasteiger partial charge in [-0.3, -0.25) is 9.98 Å². The highest BCUT2D eigenvalue weighted by Crippen LogP contribution is 2.29. The second-order valence-electron chi connectivity index (χ2n) is 5.25. The van der Waals surface area contributed by atoms with Crippen molar-refractivity contribution in [1.82, 2.24) is 4.98 Å². The lowest BCUT2D eigenvalue weighted by atomic mass is 9.93. The molecular weight excluding hydrogens is 310 g/mol. The average Bonchev–Trinajstić information content (AvgIpc) is 2.78. The summed E-state index contributed by atoms with van der Waals surface area (Å²) in [4.78, 5) is 8.75. The van der Waals surface area contributed by atoms with Gasteiger partial charge in [-0.2, -0.15) is 0 Å². The molecule has 0 amide bonds. The van der Waals surface area contributed by atoms with Gasteiger partial charge in [0.05, 0.1) is 12.3 Å². The maximum atomic E-state index is 10.4. The van der Waals surface area contributed by atoms with Crippen molar-refractivity contribution in [2.24, 2.45) is 10.7 Å². The highest BCUT2D eigenvalue weighted by molar-refractivity contribution is 6.17. The molecule has 0 unspecified atom stereocenters. The number of phenols is 1. The molecule has 1 aliphatic rings. The Morgan fingerprint density at radius 3 is 2.36 bits per heavy atom. The van der Waals surface area contributed by atoms with Crippen molar-refractivity contribution in [3.63, 3.8) is 0 Å². The third-order valence-corrected chi connectivity index (χ3v) is 3.64. The van der Waals surface area contributed by atoms with Gasteiger partial charge in [-0.1, -0.05) is 33.8 Å². The number of nitrogens with two attached hydrogens (primary N) is 1. The van der Waals surface area contributed by atoms with Crippen molar-refractivity contribution in [1.29, 1.82) is 0 Å². The molecule has 3 N–H and O–H groups in total. The van der Waals surface area contributed by atoms with E-state index in [1.54, 1.807) is 18.5 Å². The molecule has 0 saturated heterocycles. The van der Waals surface area contributed by atoms with Crippen LogP contribution in [-0.2, 0) is 0 Å². The number of aliphatic imine (C=N–C) groups is 1. The minimum Gasteiger partial charge on any atom is -0.507 e. The number of hydrogen-bond acceptors (Lipinski definition) is 4. The molecule has 1 aliphatic heterocycles. The van der Waals surface area contributed by atoms with Crippen LogP contribution in [0.2, 0.25) is 0 Å². The Morgan fingerprint density at radius 2 is 1.72 bits per heavy atom. The predicted octanol–water partition coefficient (Wildman–Crippen LogP) is 4.61. The van der Waals surface area contributed by atoms with Crippen molar-refractivity contribution in [3.05, 3.63) is 64.5 Å². The molecule has 1 aromatic carbocycles. The summed E-state index contributed by atoms with van der Waals surface area (Å²) in [5.41, 5.74) is 12.0. The summed E-state index contributed by atoms with van der Waals surface area (Å²) in [7, 11) is 0. The number of fused-ring (bicyclic) bond motifs is 1. The molecule has 0 spiro atoms. The fourth-order valence-electron chi connectivity index (χ4n) is 2.73. The zero-order valence-electron chi connectivity index (χ0n) is 16.1. The van der Waals surface area contributed by atoms with Crippen molar-refractivity contribution < 1.29 is 5.11 Å². The van der Waals surface area contributed by atoms with Crippen molar-refractivity contribution in [2.45, 2.75) is 41.5 Å². The number of nitrogens with zero attached hydrogens (tertiary/aromatic N) is 2. The van der Waals surface area contributed by atoms with E-state index in [9.17, 15) is 5.11 Å². The Kier molecular flexibility index (Phi) is 7.86. The zero-order valence-corrected chi connectivity index (χ0v) is 16.1. The molecule has 0 atom stereocenters. The van der Waals surface area contributed by atoms with E-state index in [2.05, 4.69) is 9.98 Å². The van der Waals surface area contributed by atoms with Gasteiger partial charge in [0, 0.05) is 34.8 Å². The topological polar surface area (TPSA) is 71.5 Å². The molecule has 0 fully saturated rings. The van der Waals surface area contributed by atoms with Crippen LogP contribution in [0.15, 0.2) is 41.7 Å². The molecule has 0 bridgehead atoms. The van der Waals surface area contributed by atoms with Crippen molar-refractivity contribution in [3.8, 4) is 5.75 Å². The van der Waals surface area contributed by atoms with Crippen LogP contribution in [0, 0.1) is 13.8 Å². The quantitative estimate of drug-likeness (QED) is 0.797. The van der Waals surface area contributed by atoms with Gasteiger partial charge in [0.25, 0.3) is 0 Å². The standard InChI is InChI=1S/C17H17N3O.2C2H6/c1-10-7-11(2)16(15(21)8-10)17-12-3-5-19-9-13(12)14(18)4-6-20-17;2*1-2/h3-5,7-9,21H,6,18H2,1-2H3;2*1-2H3. The van der Waals surface area contributed by atoms with E-state index in [0.717, 1.165) is 33.5 Å². The fraction of sp³-hybridized carbons (Fsp3) is 0.333. The fourth-order valence-corrected chi connectivity index (χ4v) is 2.73. The van der Waals surface area contributed by atoms with E-state index >= 15 is 0 Å². The Morgan fingerprint density at radius 1 is 1.04 bits per heavy atom. The molecule has 0 radical (unpaired) electrons. The maximum Gasteiger partial charge on any atom is 0.125 e. The first kappa shape index (κ1) is 20.4. The lowest BCUT2D eigenvalue weighted by molar-refractivity contribution is 0.473. The van der Waals surface area contributed by atoms with E-state index in [4.69, 9.17) is 5.73 Å². The van der Waals surface area contributed by atoms with Gasteiger partial charge < -0.3 is 10.8 Å². The Balaban J connectivity index is 0.000000730. The number of rotatable bonds is 1. The maximum absolute atomic E-state index is 10.4. The minimum atomic E-state index is 0.245. The SMILES string of the molecule is CC.CC.Cc1cc(C)c(C2=NCC=C(N)c3cnccc32)c(O)c1. The number of aromatic nitrogens is 1. The number of benzene rings is 1. The van der Waals surface area contributed by atoms with Gasteiger partial charge in [0.2, 0.25) is 0 Å². The summed E-state index contributed by atoms with van der Waals surface area (Å²) in [6, 6.07) is 5.69. The van der Waals surface area contributed by atoms with Gasteiger partial charge in [-0.15, -0.1) is 0 Å². The van der Waals surface area contributed by atoms with Gasteiger partial charge in [-0.05, 0) is 43.2 Å². The van der Waals surface area contributed by atoms with Gasteiger partial charge in [-0.25, -0.2) is 0 Å². The molecule has 0 saturated carbocycles. The summed E-state index contributed by atoms with van der Waals surface area (Å²) in [5, 5.41) is 10.4. The summed E-state index contributed by atoms with van der Waals surface area (Å²) in [6.45, 7) is 12.4. The van der Waals surface area contributed by atoms with Crippen LogP contribution in [0.3, 0.4) is 0 Å². The van der Waals surface area contributed by atoms with Crippen molar-refractivity contribution >= 4 is 11.4 Å². The normalized spacial score (nSPS) is 12.2. The summed E-state index contributed by atoms with van der Waals surface area (Å²) < 4.78 is 0. The van der Waals surface area contributed by atoms with Crippen LogP contribution in [0.25, 0.3) is 5.70 Å². The molecule has 25 heavy (non-hydrogen) atoms. The number of hydrogen-bond donors (Lipinski definition) is 2. The molecule has 4 heteroatoms.